The number of benzene rings is 2. The van der Waals surface area contributed by atoms with Crippen molar-refractivity contribution in [3.63, 3.8) is 0 Å². The van der Waals surface area contributed by atoms with Crippen molar-refractivity contribution in [3.8, 4) is 5.75 Å². The van der Waals surface area contributed by atoms with Crippen LogP contribution in [0.4, 0.5) is 0 Å². The highest BCUT2D eigenvalue weighted by Crippen LogP contribution is 2.42. The molecule has 6 heteroatoms. The lowest BCUT2D eigenvalue weighted by Crippen LogP contribution is -2.40. The molecule has 0 bridgehead atoms. The maximum atomic E-state index is 13.6. The maximum absolute atomic E-state index is 13.6. The zero-order valence-corrected chi connectivity index (χ0v) is 18.2. The quantitative estimate of drug-likeness (QED) is 0.451. The van der Waals surface area contributed by atoms with Gasteiger partial charge in [-0.05, 0) is 43.2 Å². The lowest BCUT2D eigenvalue weighted by molar-refractivity contribution is 0.0695. The Bertz CT molecular complexity index is 1300. The number of hydrogen-bond donors (Lipinski definition) is 1. The van der Waals surface area contributed by atoms with Gasteiger partial charge in [-0.2, -0.15) is 0 Å². The number of nitrogens with one attached hydrogen (secondary N) is 1. The van der Waals surface area contributed by atoms with Crippen LogP contribution >= 0.6 is 11.3 Å². The van der Waals surface area contributed by atoms with E-state index in [1.165, 1.54) is 29.2 Å². The van der Waals surface area contributed by atoms with Crippen molar-refractivity contribution in [1.82, 2.24) is 9.88 Å². The number of hydrogen-bond acceptors (Lipinski definition) is 4. The van der Waals surface area contributed by atoms with Crippen LogP contribution in [0.1, 0.15) is 49.1 Å². The van der Waals surface area contributed by atoms with E-state index in [2.05, 4.69) is 17.1 Å². The average Bonchev–Trinajstić information content (AvgIpc) is 3.43. The van der Waals surface area contributed by atoms with E-state index in [9.17, 15) is 9.59 Å². The third-order valence-electron chi connectivity index (χ3n) is 5.89. The maximum Gasteiger partial charge on any atom is 0.264 e. The molecule has 2 aromatic heterocycles. The first-order chi connectivity index (χ1) is 15.1. The summed E-state index contributed by atoms with van der Waals surface area (Å²) in [6, 6.07) is 19.3. The minimum Gasteiger partial charge on any atom is -0.496 e. The van der Waals surface area contributed by atoms with Crippen molar-refractivity contribution in [3.05, 3.63) is 87.2 Å². The molecule has 2 aromatic carbocycles. The highest BCUT2D eigenvalue weighted by Gasteiger charge is 2.36. The number of amides is 1. The molecular weight excluding hydrogens is 408 g/mol. The second kappa shape index (κ2) is 7.71. The van der Waals surface area contributed by atoms with Gasteiger partial charge in [0.1, 0.15) is 11.8 Å². The van der Waals surface area contributed by atoms with Crippen molar-refractivity contribution in [2.45, 2.75) is 19.4 Å². The molecule has 1 N–H and O–H groups in total. The summed E-state index contributed by atoms with van der Waals surface area (Å²) < 4.78 is 5.66. The van der Waals surface area contributed by atoms with E-state index >= 15 is 0 Å². The molecule has 3 heterocycles. The average molecular weight is 431 g/mol. The Morgan fingerprint density at radius 1 is 1.03 bits per heavy atom. The molecule has 0 aliphatic carbocycles. The van der Waals surface area contributed by atoms with Gasteiger partial charge in [0.15, 0.2) is 5.78 Å². The molecule has 1 aliphatic heterocycles. The van der Waals surface area contributed by atoms with Gasteiger partial charge in [-0.3, -0.25) is 9.59 Å². The van der Waals surface area contributed by atoms with Crippen molar-refractivity contribution in [1.29, 1.82) is 0 Å². The fourth-order valence-corrected chi connectivity index (χ4v) is 5.32. The summed E-state index contributed by atoms with van der Waals surface area (Å²) in [4.78, 5) is 32.0. The number of carbonyl (C=O) groups excluding carboxylic acids is 2. The molecule has 0 spiro atoms. The highest BCUT2D eigenvalue weighted by molar-refractivity contribution is 7.15. The molecule has 5 nitrogen and oxygen atoms in total. The van der Waals surface area contributed by atoms with E-state index in [4.69, 9.17) is 4.74 Å². The molecule has 0 radical (unpaired) electrons. The highest BCUT2D eigenvalue weighted by atomic mass is 32.1. The molecular formula is C25H22N2O3S. The van der Waals surface area contributed by atoms with Crippen LogP contribution in [0.3, 0.4) is 0 Å². The number of rotatable bonds is 4. The van der Waals surface area contributed by atoms with Gasteiger partial charge >= 0.3 is 0 Å². The van der Waals surface area contributed by atoms with Crippen LogP contribution in [0.25, 0.3) is 10.9 Å². The number of para-hydroxylation sites is 2. The normalized spacial score (nSPS) is 15.7. The molecule has 31 heavy (non-hydrogen) atoms. The fourth-order valence-electron chi connectivity index (χ4n) is 4.46. The zero-order chi connectivity index (χ0) is 21.5. The van der Waals surface area contributed by atoms with Crippen LogP contribution in [0.15, 0.2) is 60.7 Å². The predicted molar refractivity (Wildman–Crippen MR) is 122 cm³/mol. The number of Topliss-reactive ketones (excluding diaryl/α,β-unsaturated/α-hetero) is 1. The Morgan fingerprint density at radius 2 is 1.77 bits per heavy atom. The molecule has 5 rings (SSSR count). The van der Waals surface area contributed by atoms with Crippen LogP contribution in [0.5, 0.6) is 5.75 Å². The Kier molecular flexibility index (Phi) is 4.87. The van der Waals surface area contributed by atoms with E-state index in [0.717, 1.165) is 28.9 Å². The number of aromatic amines is 1. The second-order valence-corrected chi connectivity index (χ2v) is 8.76. The minimum absolute atomic E-state index is 0.0260. The van der Waals surface area contributed by atoms with Crippen LogP contribution in [-0.2, 0) is 6.42 Å². The second-order valence-electron chi connectivity index (χ2n) is 7.68. The van der Waals surface area contributed by atoms with Crippen molar-refractivity contribution in [2.24, 2.45) is 0 Å². The first-order valence-electron chi connectivity index (χ1n) is 10.2. The number of ketones is 1. The standard InChI is InChI=1S/C25H22N2O3S/c1-15(28)21-11-12-22(31-21)25(29)27-14-13-17-16-7-3-5-9-19(16)26-23(17)24(27)18-8-4-6-10-20(18)30-2/h3-12,24,26H,13-14H2,1-2H3/t24-/m1/s1. The number of thiophene rings is 1. The topological polar surface area (TPSA) is 62.4 Å². The van der Waals surface area contributed by atoms with Crippen molar-refractivity contribution < 1.29 is 14.3 Å². The smallest absolute Gasteiger partial charge is 0.264 e. The fraction of sp³-hybridized carbons (Fsp3) is 0.200. The number of H-pyrrole nitrogens is 1. The first kappa shape index (κ1) is 19.6. The Hall–Kier alpha value is -3.38. The van der Waals surface area contributed by atoms with Crippen molar-refractivity contribution in [2.75, 3.05) is 13.7 Å². The third-order valence-corrected chi connectivity index (χ3v) is 7.07. The van der Waals surface area contributed by atoms with Gasteiger partial charge in [0, 0.05) is 28.7 Å². The van der Waals surface area contributed by atoms with Crippen LogP contribution < -0.4 is 4.74 Å². The van der Waals surface area contributed by atoms with Gasteiger partial charge in [0.2, 0.25) is 0 Å². The van der Waals surface area contributed by atoms with Gasteiger partial charge in [0.05, 0.1) is 16.9 Å². The Labute approximate surface area is 184 Å². The Balaban J connectivity index is 1.67. The summed E-state index contributed by atoms with van der Waals surface area (Å²) in [5, 5.41) is 1.19. The predicted octanol–water partition coefficient (Wildman–Crippen LogP) is 5.23. The number of methoxy groups -OCH3 is 1. The van der Waals surface area contributed by atoms with Gasteiger partial charge in [-0.25, -0.2) is 0 Å². The van der Waals surface area contributed by atoms with Crippen LogP contribution in [0, 0.1) is 0 Å². The van der Waals surface area contributed by atoms with E-state index in [1.807, 2.05) is 41.3 Å². The van der Waals surface area contributed by atoms with E-state index < -0.39 is 0 Å². The summed E-state index contributed by atoms with van der Waals surface area (Å²) >= 11 is 1.25. The van der Waals surface area contributed by atoms with Crippen molar-refractivity contribution >= 4 is 33.9 Å². The first-order valence-corrected chi connectivity index (χ1v) is 11.0. The number of ether oxygens (including phenoxy) is 1. The third kappa shape index (κ3) is 3.24. The lowest BCUT2D eigenvalue weighted by atomic mass is 9.91. The summed E-state index contributed by atoms with van der Waals surface area (Å²) in [5.41, 5.74) is 4.27. The summed E-state index contributed by atoms with van der Waals surface area (Å²) in [6.45, 7) is 2.11. The summed E-state index contributed by atoms with van der Waals surface area (Å²) in [7, 11) is 1.65. The molecule has 0 fully saturated rings. The van der Waals surface area contributed by atoms with Gasteiger partial charge in [-0.15, -0.1) is 11.3 Å². The minimum atomic E-state index is -0.303. The molecule has 1 atom stereocenters. The van der Waals surface area contributed by atoms with Crippen LogP contribution in [0.2, 0.25) is 0 Å². The molecule has 0 unspecified atom stereocenters. The monoisotopic (exact) mass is 430 g/mol. The molecule has 0 saturated carbocycles. The van der Waals surface area contributed by atoms with E-state index in [1.54, 1.807) is 19.2 Å². The number of aromatic nitrogens is 1. The molecule has 4 aromatic rings. The Morgan fingerprint density at radius 3 is 2.55 bits per heavy atom. The van der Waals surface area contributed by atoms with Gasteiger partial charge in [-0.1, -0.05) is 36.4 Å². The molecule has 1 amide bonds. The molecule has 156 valence electrons. The van der Waals surface area contributed by atoms with E-state index in [0.29, 0.717) is 16.3 Å². The largest absolute Gasteiger partial charge is 0.496 e. The van der Waals surface area contributed by atoms with E-state index in [-0.39, 0.29) is 17.7 Å². The number of carbonyl (C=O) groups is 2. The zero-order valence-electron chi connectivity index (χ0n) is 17.3. The lowest BCUT2D eigenvalue weighted by Gasteiger charge is -2.36. The number of fused-ring (bicyclic) bond motifs is 3. The number of nitrogens with zero attached hydrogens (tertiary/aromatic N) is 1. The van der Waals surface area contributed by atoms with Gasteiger partial charge < -0.3 is 14.6 Å². The van der Waals surface area contributed by atoms with Gasteiger partial charge in [0.25, 0.3) is 5.91 Å². The molecule has 1 aliphatic rings. The molecule has 0 saturated heterocycles. The van der Waals surface area contributed by atoms with Crippen LogP contribution in [-0.4, -0.2) is 35.2 Å². The summed E-state index contributed by atoms with van der Waals surface area (Å²) in [5.74, 6) is 0.645. The SMILES string of the molecule is COc1ccccc1[C@@H]1c2[nH]c3ccccc3c2CCN1C(=O)c1ccc(C(C)=O)s1. The summed E-state index contributed by atoms with van der Waals surface area (Å²) in [6.07, 6.45) is 0.766.